The molecule has 0 saturated carbocycles. The fraction of sp³-hybridized carbons (Fsp3) is 0.188. The van der Waals surface area contributed by atoms with Gasteiger partial charge < -0.3 is 5.11 Å². The molecule has 1 atom stereocenters. The van der Waals surface area contributed by atoms with Crippen LogP contribution in [0.1, 0.15) is 23.6 Å². The lowest BCUT2D eigenvalue weighted by Gasteiger charge is -2.24. The Kier molecular flexibility index (Phi) is 4.08. The van der Waals surface area contributed by atoms with Gasteiger partial charge in [-0.05, 0) is 42.3 Å². The maximum atomic E-state index is 13.1. The van der Waals surface area contributed by atoms with Crippen LogP contribution >= 0.6 is 11.6 Å². The summed E-state index contributed by atoms with van der Waals surface area (Å²) in [5.41, 5.74) is 0.689. The topological polar surface area (TPSA) is 44.0 Å². The zero-order chi connectivity index (χ0) is 14.8. The average Bonchev–Trinajstić information content (AvgIpc) is 2.43. The molecule has 2 nitrogen and oxygen atoms in total. The average molecular weight is 290 g/mol. The number of hydrogen-bond donors (Lipinski definition) is 1. The fourth-order valence-corrected chi connectivity index (χ4v) is 2.28. The summed E-state index contributed by atoms with van der Waals surface area (Å²) in [5.74, 6) is -0.485. The second-order valence-electron chi connectivity index (χ2n) is 4.89. The lowest BCUT2D eigenvalue weighted by molar-refractivity contribution is 0.0576. The first-order valence-corrected chi connectivity index (χ1v) is 6.47. The van der Waals surface area contributed by atoms with E-state index in [0.29, 0.717) is 11.1 Å². The van der Waals surface area contributed by atoms with Crippen LogP contribution in [-0.4, -0.2) is 5.11 Å². The highest BCUT2D eigenvalue weighted by molar-refractivity contribution is 6.30. The van der Waals surface area contributed by atoms with Crippen molar-refractivity contribution in [2.45, 2.75) is 18.9 Å². The Morgan fingerprint density at radius 2 is 2.05 bits per heavy atom. The predicted molar refractivity (Wildman–Crippen MR) is 75.8 cm³/mol. The monoisotopic (exact) mass is 289 g/mol. The minimum absolute atomic E-state index is 0.0316. The SMILES string of the molecule is CC(O)(Cc1ccc(F)c(Cl)c1)c1cccc(C#N)c1. The molecule has 0 saturated heterocycles. The van der Waals surface area contributed by atoms with Crippen molar-refractivity contribution >= 4 is 11.6 Å². The van der Waals surface area contributed by atoms with Gasteiger partial charge in [-0.25, -0.2) is 4.39 Å². The van der Waals surface area contributed by atoms with E-state index in [9.17, 15) is 9.50 Å². The van der Waals surface area contributed by atoms with E-state index >= 15 is 0 Å². The van der Waals surface area contributed by atoms with Gasteiger partial charge in [0.1, 0.15) is 5.82 Å². The van der Waals surface area contributed by atoms with Crippen molar-refractivity contribution in [1.82, 2.24) is 0 Å². The lowest BCUT2D eigenvalue weighted by atomic mass is 9.88. The Balaban J connectivity index is 2.30. The van der Waals surface area contributed by atoms with Crippen molar-refractivity contribution in [3.63, 3.8) is 0 Å². The second kappa shape index (κ2) is 5.62. The molecule has 0 aliphatic carbocycles. The van der Waals surface area contributed by atoms with E-state index in [1.54, 1.807) is 37.3 Å². The zero-order valence-electron chi connectivity index (χ0n) is 10.9. The van der Waals surface area contributed by atoms with Gasteiger partial charge >= 0.3 is 0 Å². The Morgan fingerprint density at radius 3 is 2.70 bits per heavy atom. The molecule has 102 valence electrons. The third-order valence-electron chi connectivity index (χ3n) is 3.15. The molecule has 0 amide bonds. The van der Waals surface area contributed by atoms with Crippen LogP contribution in [0.5, 0.6) is 0 Å². The summed E-state index contributed by atoms with van der Waals surface area (Å²) in [6.07, 6.45) is 0.280. The third kappa shape index (κ3) is 3.16. The third-order valence-corrected chi connectivity index (χ3v) is 3.44. The van der Waals surface area contributed by atoms with Crippen LogP contribution in [0, 0.1) is 17.1 Å². The molecule has 0 fully saturated rings. The molecule has 0 aromatic heterocycles. The summed E-state index contributed by atoms with van der Waals surface area (Å²) >= 11 is 5.74. The summed E-state index contributed by atoms with van der Waals surface area (Å²) < 4.78 is 13.1. The van der Waals surface area contributed by atoms with Crippen LogP contribution in [0.3, 0.4) is 0 Å². The zero-order valence-corrected chi connectivity index (χ0v) is 11.7. The number of benzene rings is 2. The molecule has 2 aromatic rings. The summed E-state index contributed by atoms with van der Waals surface area (Å²) in [5, 5.41) is 19.5. The number of nitrogens with zero attached hydrogens (tertiary/aromatic N) is 1. The maximum absolute atomic E-state index is 13.1. The van der Waals surface area contributed by atoms with Gasteiger partial charge in [0.25, 0.3) is 0 Å². The van der Waals surface area contributed by atoms with E-state index in [1.807, 2.05) is 6.07 Å². The van der Waals surface area contributed by atoms with Crippen molar-refractivity contribution in [3.05, 3.63) is 70.0 Å². The number of halogens is 2. The summed E-state index contributed by atoms with van der Waals surface area (Å²) in [7, 11) is 0. The molecule has 0 heterocycles. The lowest BCUT2D eigenvalue weighted by Crippen LogP contribution is -2.24. The molecule has 2 aromatic carbocycles. The molecule has 0 aliphatic rings. The number of nitriles is 1. The number of rotatable bonds is 3. The molecular weight excluding hydrogens is 277 g/mol. The summed E-state index contributed by atoms with van der Waals surface area (Å²) in [6.45, 7) is 1.65. The van der Waals surface area contributed by atoms with Crippen LogP contribution in [0.15, 0.2) is 42.5 Å². The standard InChI is InChI=1S/C16H13ClFNO/c1-16(20,13-4-2-3-12(7-13)10-19)9-11-5-6-15(18)14(17)8-11/h2-8,20H,9H2,1H3. The highest BCUT2D eigenvalue weighted by Gasteiger charge is 2.24. The Hall–Kier alpha value is -1.89. The first-order valence-electron chi connectivity index (χ1n) is 6.09. The first-order chi connectivity index (χ1) is 9.42. The molecule has 0 bridgehead atoms. The van der Waals surface area contributed by atoms with Crippen LogP contribution in [0.4, 0.5) is 4.39 Å². The van der Waals surface area contributed by atoms with Crippen molar-refractivity contribution in [1.29, 1.82) is 5.26 Å². The van der Waals surface area contributed by atoms with Gasteiger partial charge in [-0.1, -0.05) is 29.8 Å². The predicted octanol–water partition coefficient (Wildman–Crippen LogP) is 3.80. The molecule has 0 aliphatic heterocycles. The Labute approximate surface area is 122 Å². The quantitative estimate of drug-likeness (QED) is 0.934. The van der Waals surface area contributed by atoms with Gasteiger partial charge in [-0.2, -0.15) is 5.26 Å². The summed E-state index contributed by atoms with van der Waals surface area (Å²) in [4.78, 5) is 0. The Morgan fingerprint density at radius 1 is 1.30 bits per heavy atom. The molecule has 20 heavy (non-hydrogen) atoms. The largest absolute Gasteiger partial charge is 0.385 e. The molecule has 0 radical (unpaired) electrons. The minimum Gasteiger partial charge on any atom is -0.385 e. The van der Waals surface area contributed by atoms with Crippen molar-refractivity contribution < 1.29 is 9.50 Å². The van der Waals surface area contributed by atoms with Crippen molar-refractivity contribution in [3.8, 4) is 6.07 Å². The normalized spacial score (nSPS) is 13.6. The number of hydrogen-bond acceptors (Lipinski definition) is 2. The van der Waals surface area contributed by atoms with Crippen LogP contribution in [-0.2, 0) is 12.0 Å². The first kappa shape index (κ1) is 14.5. The minimum atomic E-state index is -1.16. The van der Waals surface area contributed by atoms with Gasteiger partial charge in [0, 0.05) is 6.42 Å². The second-order valence-corrected chi connectivity index (χ2v) is 5.30. The van der Waals surface area contributed by atoms with Gasteiger partial charge in [-0.15, -0.1) is 0 Å². The highest BCUT2D eigenvalue weighted by atomic mass is 35.5. The van der Waals surface area contributed by atoms with Crippen LogP contribution < -0.4 is 0 Å². The van der Waals surface area contributed by atoms with Gasteiger partial charge in [-0.3, -0.25) is 0 Å². The van der Waals surface area contributed by atoms with E-state index in [4.69, 9.17) is 16.9 Å². The molecule has 4 heteroatoms. The fourth-order valence-electron chi connectivity index (χ4n) is 2.07. The van der Waals surface area contributed by atoms with Crippen molar-refractivity contribution in [2.24, 2.45) is 0 Å². The molecule has 2 rings (SSSR count). The van der Waals surface area contributed by atoms with E-state index in [0.717, 1.165) is 5.56 Å². The molecular formula is C16H13ClFNO. The van der Waals surface area contributed by atoms with E-state index in [1.165, 1.54) is 12.1 Å². The van der Waals surface area contributed by atoms with Gasteiger partial charge in [0.15, 0.2) is 0 Å². The maximum Gasteiger partial charge on any atom is 0.141 e. The van der Waals surface area contributed by atoms with Gasteiger partial charge in [0.05, 0.1) is 22.3 Å². The smallest absolute Gasteiger partial charge is 0.141 e. The van der Waals surface area contributed by atoms with E-state index in [-0.39, 0.29) is 11.4 Å². The number of aliphatic hydroxyl groups is 1. The van der Waals surface area contributed by atoms with E-state index in [2.05, 4.69) is 0 Å². The van der Waals surface area contributed by atoms with Crippen LogP contribution in [0.2, 0.25) is 5.02 Å². The van der Waals surface area contributed by atoms with Crippen LogP contribution in [0.25, 0.3) is 0 Å². The molecule has 0 spiro atoms. The van der Waals surface area contributed by atoms with Gasteiger partial charge in [0.2, 0.25) is 0 Å². The Bertz CT molecular complexity index is 676. The summed E-state index contributed by atoms with van der Waals surface area (Å²) in [6, 6.07) is 13.2. The molecule has 1 unspecified atom stereocenters. The van der Waals surface area contributed by atoms with Crippen molar-refractivity contribution in [2.75, 3.05) is 0 Å². The van der Waals surface area contributed by atoms with E-state index < -0.39 is 11.4 Å². The molecule has 1 N–H and O–H groups in total. The highest BCUT2D eigenvalue weighted by Crippen LogP contribution is 2.27.